The zero-order valence-electron chi connectivity index (χ0n) is 11.2. The van der Waals surface area contributed by atoms with E-state index in [1.807, 2.05) is 0 Å². The monoisotopic (exact) mass is 264 g/mol. The predicted octanol–water partition coefficient (Wildman–Crippen LogP) is 2.93. The summed E-state index contributed by atoms with van der Waals surface area (Å²) in [6.07, 6.45) is -0.903. The molecule has 2 fully saturated rings. The number of rotatable bonds is 3. The van der Waals surface area contributed by atoms with Crippen LogP contribution >= 0.6 is 0 Å². The van der Waals surface area contributed by atoms with Crippen molar-refractivity contribution in [2.75, 3.05) is 13.1 Å². The van der Waals surface area contributed by atoms with Gasteiger partial charge in [-0.15, -0.1) is 0 Å². The molecule has 18 heavy (non-hydrogen) atoms. The van der Waals surface area contributed by atoms with Crippen LogP contribution in [0.2, 0.25) is 0 Å². The van der Waals surface area contributed by atoms with Crippen LogP contribution in [0.1, 0.15) is 46.0 Å². The average molecular weight is 264 g/mol. The van der Waals surface area contributed by atoms with Crippen molar-refractivity contribution in [3.05, 3.63) is 0 Å². The molecule has 1 N–H and O–H groups in total. The molecule has 2 aliphatic rings. The number of hydrogen-bond donors (Lipinski definition) is 1. The second-order valence-electron chi connectivity index (χ2n) is 5.98. The number of hydrogen-bond acceptors (Lipinski definition) is 2. The van der Waals surface area contributed by atoms with Crippen LogP contribution in [0.3, 0.4) is 0 Å². The zero-order chi connectivity index (χ0) is 13.4. The molecule has 2 rings (SSSR count). The molecule has 1 saturated carbocycles. The van der Waals surface area contributed by atoms with E-state index in [4.69, 9.17) is 0 Å². The number of alkyl halides is 3. The molecule has 1 atom stereocenters. The van der Waals surface area contributed by atoms with Crippen molar-refractivity contribution < 1.29 is 13.2 Å². The highest BCUT2D eigenvalue weighted by atomic mass is 19.4. The van der Waals surface area contributed by atoms with Gasteiger partial charge >= 0.3 is 6.18 Å². The molecule has 0 spiro atoms. The molecule has 0 amide bonds. The van der Waals surface area contributed by atoms with Crippen LogP contribution in [0.4, 0.5) is 13.2 Å². The lowest BCUT2D eigenvalue weighted by Gasteiger charge is -2.27. The first-order chi connectivity index (χ1) is 8.34. The maximum absolute atomic E-state index is 12.9. The molecular weight excluding hydrogens is 241 g/mol. The molecule has 1 heterocycles. The van der Waals surface area contributed by atoms with Crippen LogP contribution in [0.25, 0.3) is 0 Å². The molecule has 1 saturated heterocycles. The van der Waals surface area contributed by atoms with Crippen molar-refractivity contribution in [1.82, 2.24) is 10.2 Å². The smallest absolute Gasteiger partial charge is 0.301 e. The van der Waals surface area contributed by atoms with Gasteiger partial charge in [0.25, 0.3) is 0 Å². The van der Waals surface area contributed by atoms with Crippen molar-refractivity contribution in [2.24, 2.45) is 0 Å². The maximum atomic E-state index is 12.9. The molecule has 5 heteroatoms. The minimum atomic E-state index is -4.09. The Labute approximate surface area is 107 Å². The minimum Gasteiger partial charge on any atom is -0.301 e. The third-order valence-corrected chi connectivity index (χ3v) is 4.27. The maximum Gasteiger partial charge on any atom is 0.406 e. The van der Waals surface area contributed by atoms with Gasteiger partial charge in [-0.1, -0.05) is 0 Å². The molecule has 1 aliphatic heterocycles. The van der Waals surface area contributed by atoms with Gasteiger partial charge in [-0.25, -0.2) is 0 Å². The van der Waals surface area contributed by atoms with Gasteiger partial charge in [-0.2, -0.15) is 13.2 Å². The molecule has 1 unspecified atom stereocenters. The molecule has 0 bridgehead atoms. The predicted molar refractivity (Wildman–Crippen MR) is 65.5 cm³/mol. The highest BCUT2D eigenvalue weighted by Gasteiger charge is 2.63. The largest absolute Gasteiger partial charge is 0.406 e. The first-order valence-electron chi connectivity index (χ1n) is 6.92. The molecule has 0 aromatic rings. The molecule has 0 aromatic heterocycles. The van der Waals surface area contributed by atoms with Crippen molar-refractivity contribution in [1.29, 1.82) is 0 Å². The Morgan fingerprint density at radius 3 is 2.33 bits per heavy atom. The normalized spacial score (nSPS) is 29.3. The first-order valence-corrected chi connectivity index (χ1v) is 6.92. The third kappa shape index (κ3) is 2.99. The van der Waals surface area contributed by atoms with Crippen LogP contribution in [0.5, 0.6) is 0 Å². The van der Waals surface area contributed by atoms with E-state index in [1.165, 1.54) is 0 Å². The Morgan fingerprint density at radius 1 is 1.17 bits per heavy atom. The summed E-state index contributed by atoms with van der Waals surface area (Å²) in [4.78, 5) is 2.36. The standard InChI is InChI=1S/C13H23F3N2/c1-10(2)18-8-3-4-11(5-9-18)17-12(6-7-12)13(14,15)16/h10-11,17H,3-9H2,1-2H3. The van der Waals surface area contributed by atoms with Crippen LogP contribution in [-0.2, 0) is 0 Å². The average Bonchev–Trinajstić information content (AvgIpc) is 3.02. The Kier molecular flexibility index (Phi) is 3.93. The quantitative estimate of drug-likeness (QED) is 0.843. The number of nitrogens with one attached hydrogen (secondary N) is 1. The highest BCUT2D eigenvalue weighted by Crippen LogP contribution is 2.49. The van der Waals surface area contributed by atoms with Crippen LogP contribution < -0.4 is 5.32 Å². The van der Waals surface area contributed by atoms with Crippen molar-refractivity contribution in [3.63, 3.8) is 0 Å². The van der Waals surface area contributed by atoms with E-state index in [0.29, 0.717) is 6.04 Å². The fourth-order valence-electron chi connectivity index (χ4n) is 2.80. The number of likely N-dealkylation sites (tertiary alicyclic amines) is 1. The first kappa shape index (κ1) is 14.1. The summed E-state index contributed by atoms with van der Waals surface area (Å²) in [5.41, 5.74) is -1.55. The lowest BCUT2D eigenvalue weighted by atomic mass is 10.1. The Bertz CT molecular complexity index is 284. The van der Waals surface area contributed by atoms with E-state index in [1.54, 1.807) is 0 Å². The van der Waals surface area contributed by atoms with Gasteiger partial charge < -0.3 is 10.2 Å². The molecule has 0 radical (unpaired) electrons. The second-order valence-corrected chi connectivity index (χ2v) is 5.98. The topological polar surface area (TPSA) is 15.3 Å². The van der Waals surface area contributed by atoms with E-state index in [-0.39, 0.29) is 18.9 Å². The summed E-state index contributed by atoms with van der Waals surface area (Å²) < 4.78 is 38.7. The van der Waals surface area contributed by atoms with Gasteiger partial charge in [0.05, 0.1) is 0 Å². The fraction of sp³-hybridized carbons (Fsp3) is 1.00. The lowest BCUT2D eigenvalue weighted by molar-refractivity contribution is -0.168. The molecule has 0 aromatic carbocycles. The van der Waals surface area contributed by atoms with Gasteiger partial charge in [0.15, 0.2) is 0 Å². The van der Waals surface area contributed by atoms with Crippen LogP contribution in [0, 0.1) is 0 Å². The van der Waals surface area contributed by atoms with E-state index < -0.39 is 11.7 Å². The summed E-state index contributed by atoms with van der Waals surface area (Å²) in [6, 6.07) is 0.513. The van der Waals surface area contributed by atoms with Crippen LogP contribution in [0.15, 0.2) is 0 Å². The molecule has 2 nitrogen and oxygen atoms in total. The van der Waals surface area contributed by atoms with Crippen molar-refractivity contribution >= 4 is 0 Å². The summed E-state index contributed by atoms with van der Waals surface area (Å²) in [6.45, 7) is 6.20. The van der Waals surface area contributed by atoms with Crippen molar-refractivity contribution in [3.8, 4) is 0 Å². The summed E-state index contributed by atoms with van der Waals surface area (Å²) in [5.74, 6) is 0. The Hall–Kier alpha value is -0.290. The van der Waals surface area contributed by atoms with E-state index in [0.717, 1.165) is 32.4 Å². The van der Waals surface area contributed by atoms with E-state index >= 15 is 0 Å². The number of nitrogens with zero attached hydrogens (tertiary/aromatic N) is 1. The second kappa shape index (κ2) is 5.00. The Morgan fingerprint density at radius 2 is 1.83 bits per heavy atom. The molecule has 106 valence electrons. The summed E-state index contributed by atoms with van der Waals surface area (Å²) >= 11 is 0. The van der Waals surface area contributed by atoms with Crippen LogP contribution in [-0.4, -0.2) is 41.8 Å². The molecular formula is C13H23F3N2. The van der Waals surface area contributed by atoms with Gasteiger partial charge in [-0.05, 0) is 59.0 Å². The highest BCUT2D eigenvalue weighted by molar-refractivity contribution is 5.09. The Balaban J connectivity index is 1.88. The van der Waals surface area contributed by atoms with Gasteiger partial charge in [0.2, 0.25) is 0 Å². The third-order valence-electron chi connectivity index (χ3n) is 4.27. The van der Waals surface area contributed by atoms with E-state index in [2.05, 4.69) is 24.1 Å². The van der Waals surface area contributed by atoms with Gasteiger partial charge in [0, 0.05) is 12.1 Å². The summed E-state index contributed by atoms with van der Waals surface area (Å²) in [7, 11) is 0. The van der Waals surface area contributed by atoms with Gasteiger partial charge in [-0.3, -0.25) is 0 Å². The minimum absolute atomic E-state index is 0.0258. The zero-order valence-corrected chi connectivity index (χ0v) is 11.2. The number of halogens is 3. The summed E-state index contributed by atoms with van der Waals surface area (Å²) in [5, 5.41) is 2.89. The fourth-order valence-corrected chi connectivity index (χ4v) is 2.80. The van der Waals surface area contributed by atoms with Gasteiger partial charge in [0.1, 0.15) is 5.54 Å². The lowest BCUT2D eigenvalue weighted by Crippen LogP contribution is -2.50. The molecule has 1 aliphatic carbocycles. The SMILES string of the molecule is CC(C)N1CCCC(NC2(C(F)(F)F)CC2)CC1. The van der Waals surface area contributed by atoms with Crippen molar-refractivity contribution in [2.45, 2.75) is 69.8 Å². The van der Waals surface area contributed by atoms with E-state index in [9.17, 15) is 13.2 Å².